The van der Waals surface area contributed by atoms with Crippen LogP contribution in [0.1, 0.15) is 10.4 Å². The van der Waals surface area contributed by atoms with Crippen LogP contribution in [0.2, 0.25) is 0 Å². The van der Waals surface area contributed by atoms with E-state index in [4.69, 9.17) is 5.11 Å². The van der Waals surface area contributed by atoms with Crippen molar-refractivity contribution in [3.05, 3.63) is 24.0 Å². The highest BCUT2D eigenvalue weighted by atomic mass is 16.3. The molecule has 1 heterocycles. The number of ketones is 1. The maximum absolute atomic E-state index is 10.8. The molecule has 0 fully saturated rings. The number of hydrogen-bond donors (Lipinski definition) is 1. The molecule has 0 saturated carbocycles. The van der Waals surface area contributed by atoms with Crippen molar-refractivity contribution in [2.45, 2.75) is 0 Å². The van der Waals surface area contributed by atoms with Gasteiger partial charge in [-0.05, 0) is 6.07 Å². The lowest BCUT2D eigenvalue weighted by Crippen LogP contribution is -2.02. The normalized spacial score (nSPS) is 9.80. The van der Waals surface area contributed by atoms with E-state index in [1.54, 1.807) is 23.0 Å². The van der Waals surface area contributed by atoms with Gasteiger partial charge >= 0.3 is 0 Å². The zero-order chi connectivity index (χ0) is 7.56. The summed E-state index contributed by atoms with van der Waals surface area (Å²) >= 11 is 0. The van der Waals surface area contributed by atoms with Crippen LogP contribution in [0.3, 0.4) is 0 Å². The maximum atomic E-state index is 10.8. The van der Waals surface area contributed by atoms with E-state index in [1.807, 2.05) is 7.05 Å². The summed E-state index contributed by atoms with van der Waals surface area (Å²) in [5.74, 6) is -0.236. The Hall–Kier alpha value is -1.09. The Morgan fingerprint density at radius 3 is 2.90 bits per heavy atom. The molecule has 0 aliphatic carbocycles. The standard InChI is InChI=1S/C7H9NO2/c1-8-3-2-6(4-8)7(10)5-9/h2-4,9H,5H2,1H3. The van der Waals surface area contributed by atoms with Crippen LogP contribution in [0, 0.1) is 0 Å². The molecule has 0 unspecified atom stereocenters. The Kier molecular flexibility index (Phi) is 1.87. The number of aryl methyl sites for hydroxylation is 1. The highest BCUT2D eigenvalue weighted by Crippen LogP contribution is 1.99. The minimum atomic E-state index is -0.413. The number of aliphatic hydroxyl groups excluding tert-OH is 1. The molecule has 10 heavy (non-hydrogen) atoms. The number of aliphatic hydroxyl groups is 1. The van der Waals surface area contributed by atoms with E-state index in [0.717, 1.165) is 0 Å². The van der Waals surface area contributed by atoms with Crippen LogP contribution in [-0.4, -0.2) is 22.1 Å². The molecule has 0 aliphatic heterocycles. The molecule has 1 aromatic heterocycles. The molecule has 3 nitrogen and oxygen atoms in total. The zero-order valence-electron chi connectivity index (χ0n) is 5.74. The Balaban J connectivity index is 2.85. The predicted molar refractivity (Wildman–Crippen MR) is 36.8 cm³/mol. The second-order valence-corrected chi connectivity index (χ2v) is 2.15. The van der Waals surface area contributed by atoms with E-state index in [-0.39, 0.29) is 5.78 Å². The van der Waals surface area contributed by atoms with Crippen molar-refractivity contribution in [3.8, 4) is 0 Å². The highest BCUT2D eigenvalue weighted by Gasteiger charge is 2.02. The van der Waals surface area contributed by atoms with Gasteiger partial charge in [0.05, 0.1) is 0 Å². The Labute approximate surface area is 58.9 Å². The first-order valence-corrected chi connectivity index (χ1v) is 3.00. The monoisotopic (exact) mass is 139 g/mol. The van der Waals surface area contributed by atoms with Gasteiger partial charge in [0.2, 0.25) is 0 Å². The smallest absolute Gasteiger partial charge is 0.189 e. The summed E-state index contributed by atoms with van der Waals surface area (Å²) in [6.45, 7) is -0.413. The third-order valence-corrected chi connectivity index (χ3v) is 1.30. The average molecular weight is 139 g/mol. The van der Waals surface area contributed by atoms with E-state index in [9.17, 15) is 4.79 Å². The number of Topliss-reactive ketones (excluding diaryl/α,β-unsaturated/α-hetero) is 1. The van der Waals surface area contributed by atoms with Gasteiger partial charge < -0.3 is 9.67 Å². The van der Waals surface area contributed by atoms with Gasteiger partial charge in [-0.2, -0.15) is 0 Å². The van der Waals surface area contributed by atoms with Crippen molar-refractivity contribution in [3.63, 3.8) is 0 Å². The van der Waals surface area contributed by atoms with Gasteiger partial charge in [-0.25, -0.2) is 0 Å². The third kappa shape index (κ3) is 1.25. The van der Waals surface area contributed by atoms with Gasteiger partial charge in [0.15, 0.2) is 5.78 Å². The van der Waals surface area contributed by atoms with E-state index in [0.29, 0.717) is 5.56 Å². The van der Waals surface area contributed by atoms with Gasteiger partial charge in [-0.15, -0.1) is 0 Å². The second kappa shape index (κ2) is 2.66. The molecule has 0 bridgehead atoms. The minimum Gasteiger partial charge on any atom is -0.388 e. The molecule has 1 aromatic rings. The van der Waals surface area contributed by atoms with Crippen LogP contribution in [0.25, 0.3) is 0 Å². The quantitative estimate of drug-likeness (QED) is 0.595. The summed E-state index contributed by atoms with van der Waals surface area (Å²) in [6, 6.07) is 1.68. The van der Waals surface area contributed by atoms with Crippen LogP contribution in [0.15, 0.2) is 18.5 Å². The molecule has 0 saturated heterocycles. The lowest BCUT2D eigenvalue weighted by Gasteiger charge is -1.88. The first-order chi connectivity index (χ1) is 4.74. The lowest BCUT2D eigenvalue weighted by atomic mass is 10.2. The largest absolute Gasteiger partial charge is 0.388 e. The van der Waals surface area contributed by atoms with Crippen molar-refractivity contribution in [1.82, 2.24) is 4.57 Å². The molecule has 0 amide bonds. The summed E-state index contributed by atoms with van der Waals surface area (Å²) < 4.78 is 1.77. The molecule has 0 spiro atoms. The van der Waals surface area contributed by atoms with E-state index in [1.165, 1.54) is 0 Å². The summed E-state index contributed by atoms with van der Waals surface area (Å²) in [5, 5.41) is 8.44. The summed E-state index contributed by atoms with van der Waals surface area (Å²) in [7, 11) is 1.83. The number of carbonyl (C=O) groups is 1. The second-order valence-electron chi connectivity index (χ2n) is 2.15. The van der Waals surface area contributed by atoms with Crippen LogP contribution < -0.4 is 0 Å². The first-order valence-electron chi connectivity index (χ1n) is 3.00. The van der Waals surface area contributed by atoms with Crippen molar-refractivity contribution in [2.24, 2.45) is 7.05 Å². The zero-order valence-corrected chi connectivity index (χ0v) is 5.74. The van der Waals surface area contributed by atoms with Gasteiger partial charge in [0, 0.05) is 25.0 Å². The van der Waals surface area contributed by atoms with Crippen molar-refractivity contribution in [1.29, 1.82) is 0 Å². The molecule has 0 atom stereocenters. The number of hydrogen-bond acceptors (Lipinski definition) is 2. The van der Waals surface area contributed by atoms with Crippen LogP contribution >= 0.6 is 0 Å². The Morgan fingerprint density at radius 1 is 1.80 bits per heavy atom. The SMILES string of the molecule is Cn1ccc(C(=O)CO)c1. The maximum Gasteiger partial charge on any atom is 0.189 e. The predicted octanol–water partition coefficient (Wildman–Crippen LogP) is 0.200. The van der Waals surface area contributed by atoms with Crippen molar-refractivity contribution >= 4 is 5.78 Å². The van der Waals surface area contributed by atoms with Crippen LogP contribution in [0.4, 0.5) is 0 Å². The van der Waals surface area contributed by atoms with Gasteiger partial charge in [0.1, 0.15) is 6.61 Å². The van der Waals surface area contributed by atoms with E-state index in [2.05, 4.69) is 0 Å². The fourth-order valence-electron chi connectivity index (χ4n) is 0.760. The molecule has 1 N–H and O–H groups in total. The number of rotatable bonds is 2. The average Bonchev–Trinajstić information content (AvgIpc) is 2.34. The molecule has 1 rings (SSSR count). The summed E-state index contributed by atoms with van der Waals surface area (Å²) in [5.41, 5.74) is 0.560. The first kappa shape index (κ1) is 7.02. The Bertz CT molecular complexity index is 240. The fraction of sp³-hybridized carbons (Fsp3) is 0.286. The van der Waals surface area contributed by atoms with Crippen molar-refractivity contribution < 1.29 is 9.90 Å². The molecule has 0 aromatic carbocycles. The summed E-state index contributed by atoms with van der Waals surface area (Å²) in [6.07, 6.45) is 3.45. The fourth-order valence-corrected chi connectivity index (χ4v) is 0.760. The van der Waals surface area contributed by atoms with E-state index < -0.39 is 6.61 Å². The molecule has 3 heteroatoms. The Morgan fingerprint density at radius 2 is 2.50 bits per heavy atom. The minimum absolute atomic E-state index is 0.236. The number of nitrogens with zero attached hydrogens (tertiary/aromatic N) is 1. The number of aromatic nitrogens is 1. The molecule has 54 valence electrons. The third-order valence-electron chi connectivity index (χ3n) is 1.30. The highest BCUT2D eigenvalue weighted by molar-refractivity contribution is 5.96. The van der Waals surface area contributed by atoms with Crippen LogP contribution in [-0.2, 0) is 7.05 Å². The summed E-state index contributed by atoms with van der Waals surface area (Å²) in [4.78, 5) is 10.8. The van der Waals surface area contributed by atoms with Crippen molar-refractivity contribution in [2.75, 3.05) is 6.61 Å². The van der Waals surface area contributed by atoms with Gasteiger partial charge in [0.25, 0.3) is 0 Å². The molecular weight excluding hydrogens is 130 g/mol. The van der Waals surface area contributed by atoms with Gasteiger partial charge in [-0.3, -0.25) is 4.79 Å². The van der Waals surface area contributed by atoms with Crippen LogP contribution in [0.5, 0.6) is 0 Å². The lowest BCUT2D eigenvalue weighted by molar-refractivity contribution is 0.0904. The molecular formula is C7H9NO2. The molecule has 0 aliphatic rings. The number of carbonyl (C=O) groups excluding carboxylic acids is 1. The molecule has 0 radical (unpaired) electrons. The topological polar surface area (TPSA) is 42.2 Å². The van der Waals surface area contributed by atoms with Gasteiger partial charge in [-0.1, -0.05) is 0 Å². The van der Waals surface area contributed by atoms with E-state index >= 15 is 0 Å².